The van der Waals surface area contributed by atoms with Crippen LogP contribution in [0.5, 0.6) is 5.75 Å². The molecule has 0 radical (unpaired) electrons. The lowest BCUT2D eigenvalue weighted by Crippen LogP contribution is -2.46. The van der Waals surface area contributed by atoms with E-state index >= 15 is 0 Å². The van der Waals surface area contributed by atoms with Gasteiger partial charge >= 0.3 is 5.97 Å². The number of hydrogen-bond acceptors (Lipinski definition) is 7. The average molecular weight is 495 g/mol. The Bertz CT molecular complexity index is 1160. The van der Waals surface area contributed by atoms with E-state index < -0.39 is 5.97 Å². The van der Waals surface area contributed by atoms with Gasteiger partial charge in [0, 0.05) is 43.9 Å². The minimum absolute atomic E-state index is 0.0310. The number of methoxy groups -OCH3 is 1. The number of pyridine rings is 1. The number of amides is 1. The van der Waals surface area contributed by atoms with Gasteiger partial charge in [0.2, 0.25) is 5.91 Å². The van der Waals surface area contributed by atoms with E-state index in [0.717, 1.165) is 19.3 Å². The highest BCUT2D eigenvalue weighted by Gasteiger charge is 2.40. The van der Waals surface area contributed by atoms with Gasteiger partial charge < -0.3 is 18.9 Å². The normalized spacial score (nSPS) is 21.5. The molecule has 36 heavy (non-hydrogen) atoms. The third-order valence-corrected chi connectivity index (χ3v) is 7.43. The minimum atomic E-state index is -0.537. The zero-order valence-corrected chi connectivity index (χ0v) is 20.7. The van der Waals surface area contributed by atoms with Crippen LogP contribution in [0.4, 0.5) is 0 Å². The Morgan fingerprint density at radius 3 is 2.64 bits per heavy atom. The first kappa shape index (κ1) is 24.5. The van der Waals surface area contributed by atoms with Crippen molar-refractivity contribution in [1.82, 2.24) is 20.3 Å². The SMILES string of the molecule is COC(=O)c1c(OCCCc2ccccc2)cc(=O)n2c1CCN(C(=O)C1CC(C3CC3)NN1)CC2. The van der Waals surface area contributed by atoms with Gasteiger partial charge in [-0.05, 0) is 43.6 Å². The lowest BCUT2D eigenvalue weighted by molar-refractivity contribution is -0.133. The van der Waals surface area contributed by atoms with Crippen molar-refractivity contribution in [1.29, 1.82) is 0 Å². The van der Waals surface area contributed by atoms with Gasteiger partial charge in [0.25, 0.3) is 5.56 Å². The number of nitrogens with zero attached hydrogens (tertiary/aromatic N) is 2. The molecule has 2 aromatic rings. The second-order valence-corrected chi connectivity index (χ2v) is 9.85. The molecule has 2 N–H and O–H groups in total. The van der Waals surface area contributed by atoms with Gasteiger partial charge in [-0.25, -0.2) is 10.2 Å². The number of carbonyl (C=O) groups is 2. The zero-order valence-electron chi connectivity index (χ0n) is 20.7. The largest absolute Gasteiger partial charge is 0.492 e. The molecule has 1 saturated carbocycles. The van der Waals surface area contributed by atoms with Crippen molar-refractivity contribution >= 4 is 11.9 Å². The predicted octanol–water partition coefficient (Wildman–Crippen LogP) is 1.68. The molecule has 3 aliphatic rings. The fourth-order valence-corrected chi connectivity index (χ4v) is 5.28. The van der Waals surface area contributed by atoms with E-state index in [0.29, 0.717) is 50.3 Å². The molecule has 1 saturated heterocycles. The topological polar surface area (TPSA) is 102 Å². The van der Waals surface area contributed by atoms with E-state index in [4.69, 9.17) is 9.47 Å². The maximum Gasteiger partial charge on any atom is 0.343 e. The van der Waals surface area contributed by atoms with Crippen molar-refractivity contribution in [2.45, 2.75) is 57.2 Å². The van der Waals surface area contributed by atoms with Crippen molar-refractivity contribution < 1.29 is 19.1 Å². The van der Waals surface area contributed by atoms with E-state index in [-0.39, 0.29) is 28.8 Å². The highest BCUT2D eigenvalue weighted by atomic mass is 16.5. The highest BCUT2D eigenvalue weighted by molar-refractivity contribution is 5.93. The molecule has 1 aliphatic carbocycles. The number of aryl methyl sites for hydroxylation is 1. The average Bonchev–Trinajstić information content (AvgIpc) is 3.67. The summed E-state index contributed by atoms with van der Waals surface area (Å²) in [6.07, 6.45) is 5.17. The highest BCUT2D eigenvalue weighted by Crippen LogP contribution is 2.36. The van der Waals surface area contributed by atoms with Crippen molar-refractivity contribution in [2.24, 2.45) is 5.92 Å². The summed E-state index contributed by atoms with van der Waals surface area (Å²) in [5.41, 5.74) is 8.25. The molecule has 2 aliphatic heterocycles. The molecule has 0 bridgehead atoms. The number of benzene rings is 1. The van der Waals surface area contributed by atoms with E-state index in [1.54, 1.807) is 9.47 Å². The van der Waals surface area contributed by atoms with Gasteiger partial charge in [-0.15, -0.1) is 0 Å². The Kier molecular flexibility index (Phi) is 7.38. The quantitative estimate of drug-likeness (QED) is 0.425. The van der Waals surface area contributed by atoms with Crippen LogP contribution < -0.4 is 21.1 Å². The smallest absolute Gasteiger partial charge is 0.343 e. The van der Waals surface area contributed by atoms with Crippen LogP contribution in [0.2, 0.25) is 0 Å². The van der Waals surface area contributed by atoms with Crippen molar-refractivity contribution in [2.75, 3.05) is 26.8 Å². The van der Waals surface area contributed by atoms with Crippen LogP contribution in [0.3, 0.4) is 0 Å². The Hall–Kier alpha value is -3.17. The van der Waals surface area contributed by atoms with Gasteiger partial charge in [-0.1, -0.05) is 30.3 Å². The number of carbonyl (C=O) groups excluding carboxylic acids is 2. The van der Waals surface area contributed by atoms with E-state index in [1.165, 1.54) is 31.6 Å². The molecule has 3 heterocycles. The molecule has 1 aromatic carbocycles. The number of hydrazine groups is 1. The number of aromatic nitrogens is 1. The van der Waals surface area contributed by atoms with E-state index in [1.807, 2.05) is 18.2 Å². The standard InChI is InChI=1S/C27H34N4O5/c1-35-27(34)25-22-11-12-30(26(33)21-16-20(28-29-21)19-9-10-19)13-14-31(22)24(32)17-23(25)36-15-5-8-18-6-3-2-4-7-18/h2-4,6-7,17,19-21,28-29H,5,8-16H2,1H3. The summed E-state index contributed by atoms with van der Waals surface area (Å²) in [6.45, 7) is 1.53. The van der Waals surface area contributed by atoms with Crippen LogP contribution >= 0.6 is 0 Å². The first-order valence-corrected chi connectivity index (χ1v) is 12.9. The number of nitrogens with one attached hydrogen (secondary N) is 2. The summed E-state index contributed by atoms with van der Waals surface area (Å²) in [4.78, 5) is 40.8. The molecule has 2 unspecified atom stereocenters. The second kappa shape index (κ2) is 10.8. The lowest BCUT2D eigenvalue weighted by Gasteiger charge is -2.23. The molecular formula is C27H34N4O5. The van der Waals surface area contributed by atoms with Crippen molar-refractivity contribution in [3.63, 3.8) is 0 Å². The van der Waals surface area contributed by atoms with Crippen LogP contribution in [-0.4, -0.2) is 60.2 Å². The molecule has 192 valence electrons. The number of fused-ring (bicyclic) bond motifs is 1. The fourth-order valence-electron chi connectivity index (χ4n) is 5.28. The minimum Gasteiger partial charge on any atom is -0.492 e. The van der Waals surface area contributed by atoms with Crippen LogP contribution in [-0.2, 0) is 28.9 Å². The molecule has 9 heteroatoms. The van der Waals surface area contributed by atoms with Crippen molar-refractivity contribution in [3.05, 3.63) is 63.6 Å². The van der Waals surface area contributed by atoms with Gasteiger partial charge in [0.1, 0.15) is 17.4 Å². The lowest BCUT2D eigenvalue weighted by atomic mass is 10.1. The summed E-state index contributed by atoms with van der Waals surface area (Å²) >= 11 is 0. The Morgan fingerprint density at radius 1 is 1.08 bits per heavy atom. The molecule has 1 amide bonds. The van der Waals surface area contributed by atoms with Gasteiger partial charge in [-0.2, -0.15) is 0 Å². The predicted molar refractivity (Wildman–Crippen MR) is 134 cm³/mol. The maximum absolute atomic E-state index is 13.2. The molecular weight excluding hydrogens is 460 g/mol. The van der Waals surface area contributed by atoms with E-state index in [9.17, 15) is 14.4 Å². The third kappa shape index (κ3) is 5.32. The van der Waals surface area contributed by atoms with Crippen LogP contribution in [0.1, 0.15) is 47.3 Å². The molecule has 2 atom stereocenters. The van der Waals surface area contributed by atoms with Gasteiger partial charge in [0.05, 0.1) is 13.7 Å². The number of ether oxygens (including phenoxy) is 2. The fraction of sp³-hybridized carbons (Fsp3) is 0.519. The molecule has 1 aromatic heterocycles. The summed E-state index contributed by atoms with van der Waals surface area (Å²) < 4.78 is 12.6. The van der Waals surface area contributed by atoms with Crippen LogP contribution in [0.25, 0.3) is 0 Å². The Morgan fingerprint density at radius 2 is 1.89 bits per heavy atom. The molecule has 5 rings (SSSR count). The summed E-state index contributed by atoms with van der Waals surface area (Å²) in [7, 11) is 1.32. The summed E-state index contributed by atoms with van der Waals surface area (Å²) in [5.74, 6) is 0.407. The maximum atomic E-state index is 13.2. The first-order valence-electron chi connectivity index (χ1n) is 12.9. The number of esters is 1. The van der Waals surface area contributed by atoms with Crippen LogP contribution in [0.15, 0.2) is 41.2 Å². The number of hydrogen-bond donors (Lipinski definition) is 2. The molecule has 0 spiro atoms. The molecule has 2 fully saturated rings. The summed E-state index contributed by atoms with van der Waals surface area (Å²) in [6, 6.07) is 11.5. The summed E-state index contributed by atoms with van der Waals surface area (Å²) in [5, 5.41) is 0. The van der Waals surface area contributed by atoms with E-state index in [2.05, 4.69) is 23.0 Å². The van der Waals surface area contributed by atoms with Gasteiger partial charge in [-0.3, -0.25) is 15.0 Å². The van der Waals surface area contributed by atoms with Gasteiger partial charge in [0.15, 0.2) is 0 Å². The zero-order chi connectivity index (χ0) is 25.1. The first-order chi connectivity index (χ1) is 17.5. The Balaban J connectivity index is 1.29. The monoisotopic (exact) mass is 494 g/mol. The van der Waals surface area contributed by atoms with Crippen molar-refractivity contribution in [3.8, 4) is 5.75 Å². The second-order valence-electron chi connectivity index (χ2n) is 9.85. The van der Waals surface area contributed by atoms with Crippen LogP contribution in [0, 0.1) is 5.92 Å². The number of rotatable bonds is 8. The third-order valence-electron chi connectivity index (χ3n) is 7.43. The Labute approximate surface area is 210 Å². The molecule has 9 nitrogen and oxygen atoms in total.